The minimum Gasteiger partial charge on any atom is -0.484 e. The molecule has 0 aliphatic carbocycles. The summed E-state index contributed by atoms with van der Waals surface area (Å²) in [6.45, 7) is 0.796. The number of nitrogens with two attached hydrogens (primary N) is 1. The van der Waals surface area contributed by atoms with Crippen molar-refractivity contribution < 1.29 is 19.1 Å². The van der Waals surface area contributed by atoms with Crippen molar-refractivity contribution in [3.8, 4) is 5.75 Å². The fraction of sp³-hybridized carbons (Fsp3) is 0.250. The average molecular weight is 566 g/mol. The number of anilines is 2. The van der Waals surface area contributed by atoms with Gasteiger partial charge in [-0.2, -0.15) is 0 Å². The molecule has 6 N–H and O–H groups in total. The number of hydrogen-bond donors (Lipinski definition) is 5. The van der Waals surface area contributed by atoms with E-state index in [0.29, 0.717) is 35.1 Å². The molecular weight excluding hydrogens is 534 g/mol. The summed E-state index contributed by atoms with van der Waals surface area (Å²) in [7, 11) is 3.52. The predicted molar refractivity (Wildman–Crippen MR) is 155 cm³/mol. The van der Waals surface area contributed by atoms with Crippen LogP contribution in [0.5, 0.6) is 5.75 Å². The molecule has 3 rings (SSSR count). The van der Waals surface area contributed by atoms with Crippen LogP contribution in [-0.2, 0) is 4.79 Å². The Morgan fingerprint density at radius 3 is 2.35 bits per heavy atom. The van der Waals surface area contributed by atoms with E-state index in [1.165, 1.54) is 18.3 Å². The summed E-state index contributed by atoms with van der Waals surface area (Å²) >= 11 is 5.89. The van der Waals surface area contributed by atoms with Crippen molar-refractivity contribution in [3.63, 3.8) is 0 Å². The first kappa shape index (κ1) is 30.1. The van der Waals surface area contributed by atoms with Crippen LogP contribution in [0.1, 0.15) is 39.1 Å². The standard InChI is InChI=1S/C28H32ClN7O4/c1-36(2)26(31)18-5-7-19(8-6-18)27(38)34-23-11-10-21(40-17-25(37)32-14-4-3-13-30)15-22(23)28(39)35-24-12-9-20(29)16-33-24/h5-12,15-16,31H,3-4,13-14,17,30H2,1-2H3,(H,32,37)(H,34,38)(H,33,35,39). The molecule has 11 nitrogen and oxygen atoms in total. The number of ether oxygens (including phenoxy) is 1. The summed E-state index contributed by atoms with van der Waals surface area (Å²) in [5.41, 5.74) is 6.77. The molecule has 3 aromatic rings. The quantitative estimate of drug-likeness (QED) is 0.128. The number of unbranched alkanes of at least 4 members (excludes halogenated alkanes) is 1. The Hall–Kier alpha value is -4.48. The van der Waals surface area contributed by atoms with E-state index >= 15 is 0 Å². The number of nitrogens with zero attached hydrogens (tertiary/aromatic N) is 2. The molecule has 0 fully saturated rings. The molecule has 0 aliphatic heterocycles. The number of nitrogens with one attached hydrogen (secondary N) is 4. The summed E-state index contributed by atoms with van der Waals surface area (Å²) < 4.78 is 5.59. The van der Waals surface area contributed by atoms with E-state index in [0.717, 1.165) is 12.8 Å². The van der Waals surface area contributed by atoms with Crippen molar-refractivity contribution in [1.29, 1.82) is 5.41 Å². The van der Waals surface area contributed by atoms with Gasteiger partial charge in [0.15, 0.2) is 6.61 Å². The number of rotatable bonds is 12. The maximum Gasteiger partial charge on any atom is 0.259 e. The first-order valence-electron chi connectivity index (χ1n) is 12.5. The lowest BCUT2D eigenvalue weighted by atomic mass is 10.1. The van der Waals surface area contributed by atoms with Crippen LogP contribution in [0.2, 0.25) is 5.02 Å². The fourth-order valence-electron chi connectivity index (χ4n) is 3.47. The molecule has 2 aromatic carbocycles. The zero-order valence-corrected chi connectivity index (χ0v) is 23.0. The van der Waals surface area contributed by atoms with Gasteiger partial charge in [0.05, 0.1) is 16.3 Å². The highest BCUT2D eigenvalue weighted by molar-refractivity contribution is 6.30. The zero-order valence-electron chi connectivity index (χ0n) is 22.3. The molecule has 0 aliphatic rings. The number of halogens is 1. The third kappa shape index (κ3) is 8.79. The number of amidine groups is 1. The molecule has 0 radical (unpaired) electrons. The smallest absolute Gasteiger partial charge is 0.259 e. The Labute approximate surface area is 237 Å². The van der Waals surface area contributed by atoms with E-state index in [-0.39, 0.29) is 35.3 Å². The lowest BCUT2D eigenvalue weighted by Gasteiger charge is -2.15. The third-order valence-corrected chi connectivity index (χ3v) is 5.87. The van der Waals surface area contributed by atoms with Crippen LogP contribution in [0.25, 0.3) is 0 Å². The maximum atomic E-state index is 13.2. The molecule has 40 heavy (non-hydrogen) atoms. The molecule has 0 spiro atoms. The van der Waals surface area contributed by atoms with Crippen molar-refractivity contribution in [2.75, 3.05) is 44.4 Å². The van der Waals surface area contributed by atoms with Gasteiger partial charge in [0.1, 0.15) is 17.4 Å². The molecule has 12 heteroatoms. The lowest BCUT2D eigenvalue weighted by Crippen LogP contribution is -2.30. The van der Waals surface area contributed by atoms with Gasteiger partial charge in [-0.25, -0.2) is 4.98 Å². The summed E-state index contributed by atoms with van der Waals surface area (Å²) in [5, 5.41) is 16.7. The van der Waals surface area contributed by atoms with Crippen LogP contribution in [-0.4, -0.2) is 67.2 Å². The Kier molecular flexibility index (Phi) is 11.0. The van der Waals surface area contributed by atoms with Crippen LogP contribution < -0.4 is 26.4 Å². The van der Waals surface area contributed by atoms with E-state index in [1.807, 2.05) is 0 Å². The van der Waals surface area contributed by atoms with Crippen LogP contribution in [0.3, 0.4) is 0 Å². The second-order valence-corrected chi connectivity index (χ2v) is 9.37. The van der Waals surface area contributed by atoms with Gasteiger partial charge in [-0.15, -0.1) is 0 Å². The SMILES string of the molecule is CN(C)C(=N)c1ccc(C(=O)Nc2ccc(OCC(=O)NCCCCN)cc2C(=O)Nc2ccc(Cl)cn2)cc1. The molecule has 210 valence electrons. The highest BCUT2D eigenvalue weighted by Crippen LogP contribution is 2.24. The predicted octanol–water partition coefficient (Wildman–Crippen LogP) is 3.36. The van der Waals surface area contributed by atoms with Crippen LogP contribution in [0.15, 0.2) is 60.8 Å². The lowest BCUT2D eigenvalue weighted by molar-refractivity contribution is -0.123. The van der Waals surface area contributed by atoms with Gasteiger partial charge in [-0.1, -0.05) is 23.7 Å². The van der Waals surface area contributed by atoms with Gasteiger partial charge >= 0.3 is 0 Å². The number of pyridine rings is 1. The molecule has 0 atom stereocenters. The van der Waals surface area contributed by atoms with E-state index in [2.05, 4.69) is 20.9 Å². The largest absolute Gasteiger partial charge is 0.484 e. The van der Waals surface area contributed by atoms with Crippen LogP contribution in [0, 0.1) is 5.41 Å². The molecule has 0 saturated carbocycles. The van der Waals surface area contributed by atoms with Gasteiger partial charge in [0, 0.05) is 38.0 Å². The topological polar surface area (TPSA) is 163 Å². The van der Waals surface area contributed by atoms with Crippen molar-refractivity contribution in [2.24, 2.45) is 5.73 Å². The normalized spacial score (nSPS) is 10.4. The van der Waals surface area contributed by atoms with E-state index in [1.54, 1.807) is 61.5 Å². The third-order valence-electron chi connectivity index (χ3n) is 5.64. The van der Waals surface area contributed by atoms with Gasteiger partial charge in [-0.05, 0) is 61.9 Å². The van der Waals surface area contributed by atoms with Crippen molar-refractivity contribution in [2.45, 2.75) is 12.8 Å². The fourth-order valence-corrected chi connectivity index (χ4v) is 3.58. The second-order valence-electron chi connectivity index (χ2n) is 8.93. The number of aromatic nitrogens is 1. The van der Waals surface area contributed by atoms with Gasteiger partial charge in [0.2, 0.25) is 0 Å². The number of benzene rings is 2. The Morgan fingerprint density at radius 1 is 0.975 bits per heavy atom. The summed E-state index contributed by atoms with van der Waals surface area (Å²) in [5.74, 6) is -0.494. The zero-order chi connectivity index (χ0) is 29.1. The summed E-state index contributed by atoms with van der Waals surface area (Å²) in [4.78, 5) is 44.1. The van der Waals surface area contributed by atoms with Crippen molar-refractivity contribution in [3.05, 3.63) is 82.5 Å². The Morgan fingerprint density at radius 2 is 1.70 bits per heavy atom. The Bertz CT molecular complexity index is 1350. The highest BCUT2D eigenvalue weighted by atomic mass is 35.5. The van der Waals surface area contributed by atoms with Gasteiger partial charge in [0.25, 0.3) is 17.7 Å². The first-order chi connectivity index (χ1) is 19.2. The maximum absolute atomic E-state index is 13.2. The first-order valence-corrected chi connectivity index (χ1v) is 12.9. The minimum absolute atomic E-state index is 0.0944. The number of carbonyl (C=O) groups is 3. The number of hydrogen-bond acceptors (Lipinski definition) is 7. The van der Waals surface area contributed by atoms with E-state index in [4.69, 9.17) is 27.5 Å². The average Bonchev–Trinajstić information content (AvgIpc) is 2.95. The van der Waals surface area contributed by atoms with E-state index < -0.39 is 11.8 Å². The molecule has 0 saturated heterocycles. The van der Waals surface area contributed by atoms with Gasteiger partial charge < -0.3 is 31.3 Å². The molecule has 1 heterocycles. The summed E-state index contributed by atoms with van der Waals surface area (Å²) in [6, 6.07) is 14.2. The minimum atomic E-state index is -0.559. The van der Waals surface area contributed by atoms with Crippen LogP contribution >= 0.6 is 11.6 Å². The van der Waals surface area contributed by atoms with Crippen molar-refractivity contribution >= 4 is 46.7 Å². The Balaban J connectivity index is 1.78. The molecule has 0 unspecified atom stereocenters. The monoisotopic (exact) mass is 565 g/mol. The molecule has 3 amide bonds. The van der Waals surface area contributed by atoms with E-state index in [9.17, 15) is 14.4 Å². The molecule has 0 bridgehead atoms. The summed E-state index contributed by atoms with van der Waals surface area (Å²) in [6.07, 6.45) is 2.96. The van der Waals surface area contributed by atoms with Crippen molar-refractivity contribution in [1.82, 2.24) is 15.2 Å². The second kappa shape index (κ2) is 14.6. The highest BCUT2D eigenvalue weighted by Gasteiger charge is 2.18. The number of amides is 3. The molecule has 1 aromatic heterocycles. The molecular formula is C28H32ClN7O4. The van der Waals surface area contributed by atoms with Gasteiger partial charge in [-0.3, -0.25) is 19.8 Å². The van der Waals surface area contributed by atoms with Crippen LogP contribution in [0.4, 0.5) is 11.5 Å². The number of carbonyl (C=O) groups excluding carboxylic acids is 3.